The summed E-state index contributed by atoms with van der Waals surface area (Å²) in [5.74, 6) is 1.96. The first kappa shape index (κ1) is 11.5. The molecule has 1 aromatic heterocycles. The number of hydrogen-bond acceptors (Lipinski definition) is 4. The van der Waals surface area contributed by atoms with E-state index in [1.807, 2.05) is 13.8 Å². The van der Waals surface area contributed by atoms with Crippen LogP contribution in [0.25, 0.3) is 0 Å². The molecule has 0 aromatic carbocycles. The summed E-state index contributed by atoms with van der Waals surface area (Å²) in [4.78, 5) is 0. The second kappa shape index (κ2) is 4.14. The maximum atomic E-state index is 5.47. The Morgan fingerprint density at radius 2 is 2.25 bits per heavy atom. The fourth-order valence-corrected chi connectivity index (χ4v) is 2.10. The first-order chi connectivity index (χ1) is 7.60. The molecule has 1 unspecified atom stereocenters. The van der Waals surface area contributed by atoms with E-state index in [1.165, 1.54) is 0 Å². The number of fused-ring (bicyclic) bond motifs is 1. The van der Waals surface area contributed by atoms with Crippen LogP contribution in [0, 0.1) is 0 Å². The van der Waals surface area contributed by atoms with E-state index in [2.05, 4.69) is 27.0 Å². The molecule has 2 heterocycles. The van der Waals surface area contributed by atoms with Crippen LogP contribution in [0.15, 0.2) is 0 Å². The maximum Gasteiger partial charge on any atom is 0.164 e. The molecule has 16 heavy (non-hydrogen) atoms. The lowest BCUT2D eigenvalue weighted by atomic mass is 10.1. The summed E-state index contributed by atoms with van der Waals surface area (Å²) in [6, 6.07) is 0.322. The van der Waals surface area contributed by atoms with Gasteiger partial charge in [0.2, 0.25) is 0 Å². The Hall–Kier alpha value is -0.940. The van der Waals surface area contributed by atoms with Crippen molar-refractivity contribution in [2.75, 3.05) is 13.7 Å². The van der Waals surface area contributed by atoms with Gasteiger partial charge in [0.1, 0.15) is 11.4 Å². The van der Waals surface area contributed by atoms with Gasteiger partial charge in [-0.25, -0.2) is 0 Å². The molecule has 0 aliphatic carbocycles. The van der Waals surface area contributed by atoms with E-state index in [0.717, 1.165) is 31.2 Å². The van der Waals surface area contributed by atoms with Crippen LogP contribution in [-0.4, -0.2) is 28.4 Å². The van der Waals surface area contributed by atoms with Crippen LogP contribution < -0.4 is 5.32 Å². The van der Waals surface area contributed by atoms with Crippen LogP contribution in [0.4, 0.5) is 0 Å². The van der Waals surface area contributed by atoms with E-state index in [-0.39, 0.29) is 5.60 Å². The molecule has 0 amide bonds. The Morgan fingerprint density at radius 3 is 2.88 bits per heavy atom. The number of ether oxygens (including phenoxy) is 1. The summed E-state index contributed by atoms with van der Waals surface area (Å²) in [7, 11) is 1.71. The molecule has 2 rings (SSSR count). The summed E-state index contributed by atoms with van der Waals surface area (Å²) < 4.78 is 7.66. The van der Waals surface area contributed by atoms with Crippen LogP contribution in [-0.2, 0) is 16.9 Å². The number of nitrogens with zero attached hydrogens (tertiary/aromatic N) is 3. The Balaban J connectivity index is 2.40. The highest BCUT2D eigenvalue weighted by Gasteiger charge is 2.31. The molecular weight excluding hydrogens is 204 g/mol. The summed E-state index contributed by atoms with van der Waals surface area (Å²) in [6.45, 7) is 8.08. The number of methoxy groups -OCH3 is 1. The Morgan fingerprint density at radius 1 is 1.50 bits per heavy atom. The summed E-state index contributed by atoms with van der Waals surface area (Å²) in [6.07, 6.45) is 1.03. The molecule has 0 saturated carbocycles. The standard InChI is InChI=1S/C11H20N4O/c1-5-8-9-13-14-10(11(2,3)16-4)15(9)7-6-12-8/h8,12H,5-7H2,1-4H3. The minimum Gasteiger partial charge on any atom is -0.371 e. The smallest absolute Gasteiger partial charge is 0.164 e. The zero-order chi connectivity index (χ0) is 11.8. The molecule has 1 N–H and O–H groups in total. The minimum atomic E-state index is -0.374. The topological polar surface area (TPSA) is 52.0 Å². The van der Waals surface area contributed by atoms with Crippen molar-refractivity contribution < 1.29 is 4.74 Å². The zero-order valence-corrected chi connectivity index (χ0v) is 10.4. The molecule has 0 saturated heterocycles. The number of rotatable bonds is 3. The SMILES string of the molecule is CCC1NCCn2c1nnc2C(C)(C)OC. The first-order valence-corrected chi connectivity index (χ1v) is 5.82. The van der Waals surface area contributed by atoms with Gasteiger partial charge in [0.05, 0.1) is 6.04 Å². The van der Waals surface area contributed by atoms with Gasteiger partial charge in [0.25, 0.3) is 0 Å². The van der Waals surface area contributed by atoms with Crippen molar-refractivity contribution in [3.8, 4) is 0 Å². The van der Waals surface area contributed by atoms with Crippen molar-refractivity contribution in [2.24, 2.45) is 0 Å². The molecule has 0 radical (unpaired) electrons. The van der Waals surface area contributed by atoms with Gasteiger partial charge in [-0.1, -0.05) is 6.92 Å². The average Bonchev–Trinajstić information content (AvgIpc) is 2.73. The fraction of sp³-hybridized carbons (Fsp3) is 0.818. The molecule has 1 aliphatic heterocycles. The number of nitrogens with one attached hydrogen (secondary N) is 1. The minimum absolute atomic E-state index is 0.322. The summed E-state index contributed by atoms with van der Waals surface area (Å²) in [5.41, 5.74) is -0.374. The third-order valence-electron chi connectivity index (χ3n) is 3.27. The van der Waals surface area contributed by atoms with Crippen LogP contribution in [0.1, 0.15) is 44.9 Å². The van der Waals surface area contributed by atoms with E-state index < -0.39 is 0 Å². The molecule has 90 valence electrons. The van der Waals surface area contributed by atoms with Crippen molar-refractivity contribution in [1.29, 1.82) is 0 Å². The Labute approximate surface area is 96.2 Å². The van der Waals surface area contributed by atoms with Gasteiger partial charge in [-0.2, -0.15) is 0 Å². The molecule has 1 atom stereocenters. The quantitative estimate of drug-likeness (QED) is 0.838. The van der Waals surface area contributed by atoms with E-state index in [1.54, 1.807) is 7.11 Å². The van der Waals surface area contributed by atoms with Crippen molar-refractivity contribution in [1.82, 2.24) is 20.1 Å². The highest BCUT2D eigenvalue weighted by molar-refractivity contribution is 5.09. The highest BCUT2D eigenvalue weighted by atomic mass is 16.5. The third kappa shape index (κ3) is 1.74. The molecular formula is C11H20N4O. The van der Waals surface area contributed by atoms with Gasteiger partial charge in [0, 0.05) is 20.2 Å². The molecule has 0 bridgehead atoms. The van der Waals surface area contributed by atoms with Gasteiger partial charge in [-0.3, -0.25) is 0 Å². The predicted molar refractivity (Wildman–Crippen MR) is 61.1 cm³/mol. The Bertz CT molecular complexity index is 372. The van der Waals surface area contributed by atoms with E-state index in [9.17, 15) is 0 Å². The molecule has 5 heteroatoms. The van der Waals surface area contributed by atoms with Crippen LogP contribution in [0.2, 0.25) is 0 Å². The number of hydrogen-bond donors (Lipinski definition) is 1. The lowest BCUT2D eigenvalue weighted by Crippen LogP contribution is -2.36. The van der Waals surface area contributed by atoms with Crippen LogP contribution in [0.5, 0.6) is 0 Å². The first-order valence-electron chi connectivity index (χ1n) is 5.82. The zero-order valence-electron chi connectivity index (χ0n) is 10.4. The van der Waals surface area contributed by atoms with Crippen LogP contribution >= 0.6 is 0 Å². The summed E-state index contributed by atoms with van der Waals surface area (Å²) >= 11 is 0. The Kier molecular flexibility index (Phi) is 2.99. The van der Waals surface area contributed by atoms with Crippen LogP contribution in [0.3, 0.4) is 0 Å². The van der Waals surface area contributed by atoms with E-state index >= 15 is 0 Å². The maximum absolute atomic E-state index is 5.47. The van der Waals surface area contributed by atoms with Gasteiger partial charge < -0.3 is 14.6 Å². The molecule has 5 nitrogen and oxygen atoms in total. The highest BCUT2D eigenvalue weighted by Crippen LogP contribution is 2.27. The second-order valence-corrected chi connectivity index (χ2v) is 4.66. The van der Waals surface area contributed by atoms with E-state index in [0.29, 0.717) is 6.04 Å². The largest absolute Gasteiger partial charge is 0.371 e. The molecule has 1 aromatic rings. The van der Waals surface area contributed by atoms with Gasteiger partial charge in [0.15, 0.2) is 5.82 Å². The lowest BCUT2D eigenvalue weighted by molar-refractivity contribution is 0.00764. The number of aromatic nitrogens is 3. The third-order valence-corrected chi connectivity index (χ3v) is 3.27. The fourth-order valence-electron chi connectivity index (χ4n) is 2.10. The van der Waals surface area contributed by atoms with Crippen molar-refractivity contribution in [2.45, 2.75) is 45.4 Å². The van der Waals surface area contributed by atoms with Gasteiger partial charge in [-0.05, 0) is 20.3 Å². The van der Waals surface area contributed by atoms with Crippen molar-refractivity contribution in [3.05, 3.63) is 11.6 Å². The predicted octanol–water partition coefficient (Wildman–Crippen LogP) is 1.21. The van der Waals surface area contributed by atoms with Gasteiger partial charge in [-0.15, -0.1) is 10.2 Å². The molecule has 0 spiro atoms. The van der Waals surface area contributed by atoms with Crippen molar-refractivity contribution >= 4 is 0 Å². The monoisotopic (exact) mass is 224 g/mol. The van der Waals surface area contributed by atoms with Crippen molar-refractivity contribution in [3.63, 3.8) is 0 Å². The lowest BCUT2D eigenvalue weighted by Gasteiger charge is -2.28. The summed E-state index contributed by atoms with van der Waals surface area (Å²) in [5, 5.41) is 12.0. The second-order valence-electron chi connectivity index (χ2n) is 4.66. The average molecular weight is 224 g/mol. The molecule has 1 aliphatic rings. The van der Waals surface area contributed by atoms with Gasteiger partial charge >= 0.3 is 0 Å². The molecule has 0 fully saturated rings. The van der Waals surface area contributed by atoms with E-state index in [4.69, 9.17) is 4.74 Å². The normalized spacial score (nSPS) is 20.9.